The minimum atomic E-state index is -1.22. The number of carboxylic acid groups (broad SMARTS) is 1. The molecule has 1 fully saturated rings. The third-order valence-corrected chi connectivity index (χ3v) is 6.84. The number of anilines is 3. The third kappa shape index (κ3) is 8.15. The number of rotatable bonds is 10. The zero-order valence-electron chi connectivity index (χ0n) is 21.8. The maximum absolute atomic E-state index is 14.7. The lowest BCUT2D eigenvalue weighted by molar-refractivity contribution is 0.0965. The molecule has 0 aliphatic carbocycles. The van der Waals surface area contributed by atoms with Crippen LogP contribution >= 0.6 is 23.2 Å². The van der Waals surface area contributed by atoms with Crippen molar-refractivity contribution in [1.82, 2.24) is 19.8 Å². The molecule has 2 heterocycles. The number of halogens is 3. The first-order chi connectivity index (χ1) is 18.7. The molecule has 2 N–H and O–H groups in total. The Balaban J connectivity index is 1.35. The molecule has 2 aromatic carbocycles. The Morgan fingerprint density at radius 3 is 2.49 bits per heavy atom. The largest absolute Gasteiger partial charge is 0.489 e. The van der Waals surface area contributed by atoms with Crippen LogP contribution in [0.1, 0.15) is 19.4 Å². The topological polar surface area (TPSA) is 94.1 Å². The fourth-order valence-electron chi connectivity index (χ4n) is 4.30. The zero-order valence-corrected chi connectivity index (χ0v) is 23.3. The molecule has 0 bridgehead atoms. The number of nitrogens with one attached hydrogen (secondary N) is 1. The van der Waals surface area contributed by atoms with E-state index in [1.54, 1.807) is 30.3 Å². The van der Waals surface area contributed by atoms with Crippen LogP contribution in [0.25, 0.3) is 0 Å². The number of hydrogen-bond donors (Lipinski definition) is 2. The molecule has 4 rings (SSSR count). The normalized spacial score (nSPS) is 14.4. The van der Waals surface area contributed by atoms with Gasteiger partial charge in [0.15, 0.2) is 11.6 Å². The number of piperazine rings is 1. The van der Waals surface area contributed by atoms with Crippen LogP contribution in [0.2, 0.25) is 10.0 Å². The summed E-state index contributed by atoms with van der Waals surface area (Å²) in [4.78, 5) is 26.2. The van der Waals surface area contributed by atoms with Crippen molar-refractivity contribution < 1.29 is 19.0 Å². The second-order valence-electron chi connectivity index (χ2n) is 9.47. The molecule has 1 amide bonds. The van der Waals surface area contributed by atoms with Crippen LogP contribution in [0.5, 0.6) is 5.75 Å². The van der Waals surface area contributed by atoms with Crippen molar-refractivity contribution in [1.29, 1.82) is 0 Å². The summed E-state index contributed by atoms with van der Waals surface area (Å²) in [5.41, 5.74) is 0.990. The highest BCUT2D eigenvalue weighted by Crippen LogP contribution is 2.25. The summed E-state index contributed by atoms with van der Waals surface area (Å²) in [5.74, 6) is -0.124. The molecule has 0 spiro atoms. The Morgan fingerprint density at radius 2 is 1.85 bits per heavy atom. The lowest BCUT2D eigenvalue weighted by Crippen LogP contribution is -2.49. The van der Waals surface area contributed by atoms with Gasteiger partial charge in [0.05, 0.1) is 6.54 Å². The van der Waals surface area contributed by atoms with Crippen molar-refractivity contribution in [3.63, 3.8) is 0 Å². The fraction of sp³-hybridized carbons (Fsp3) is 0.370. The molecule has 1 aliphatic rings. The summed E-state index contributed by atoms with van der Waals surface area (Å²) in [6.45, 7) is 9.48. The number of amides is 1. The second kappa shape index (κ2) is 13.3. The zero-order chi connectivity index (χ0) is 27.9. The lowest BCUT2D eigenvalue weighted by atomic mass is 10.2. The highest BCUT2D eigenvalue weighted by Gasteiger charge is 2.20. The van der Waals surface area contributed by atoms with Crippen LogP contribution in [0.15, 0.2) is 48.7 Å². The molecule has 0 radical (unpaired) electrons. The molecule has 0 saturated carbocycles. The minimum absolute atomic E-state index is 0.0276. The van der Waals surface area contributed by atoms with Crippen LogP contribution in [0.3, 0.4) is 0 Å². The molecule has 0 atom stereocenters. The lowest BCUT2D eigenvalue weighted by Gasteiger charge is -2.36. The van der Waals surface area contributed by atoms with Gasteiger partial charge in [0, 0.05) is 66.8 Å². The summed E-state index contributed by atoms with van der Waals surface area (Å²) >= 11 is 12.1. The van der Waals surface area contributed by atoms with E-state index in [9.17, 15) is 14.3 Å². The first-order valence-electron chi connectivity index (χ1n) is 12.6. The summed E-state index contributed by atoms with van der Waals surface area (Å²) < 4.78 is 20.4. The van der Waals surface area contributed by atoms with E-state index in [0.29, 0.717) is 33.9 Å². The highest BCUT2D eigenvalue weighted by atomic mass is 35.5. The van der Waals surface area contributed by atoms with Crippen LogP contribution in [0.4, 0.5) is 26.6 Å². The van der Waals surface area contributed by atoms with Crippen molar-refractivity contribution in [2.24, 2.45) is 0 Å². The van der Waals surface area contributed by atoms with Crippen LogP contribution < -0.4 is 15.0 Å². The fourth-order valence-corrected chi connectivity index (χ4v) is 4.88. The predicted octanol–water partition coefficient (Wildman–Crippen LogP) is 5.76. The molecule has 1 saturated heterocycles. The average molecular weight is 577 g/mol. The van der Waals surface area contributed by atoms with Crippen LogP contribution in [-0.2, 0) is 6.54 Å². The third-order valence-electron chi connectivity index (χ3n) is 6.40. The van der Waals surface area contributed by atoms with E-state index >= 15 is 0 Å². The van der Waals surface area contributed by atoms with E-state index < -0.39 is 11.9 Å². The molecular weight excluding hydrogens is 546 g/mol. The monoisotopic (exact) mass is 576 g/mol. The van der Waals surface area contributed by atoms with Gasteiger partial charge in [-0.05, 0) is 55.8 Å². The number of aromatic nitrogens is 2. The van der Waals surface area contributed by atoms with Gasteiger partial charge in [-0.1, -0.05) is 23.2 Å². The quantitative estimate of drug-likeness (QED) is 0.315. The smallest absolute Gasteiger partial charge is 0.413 e. The van der Waals surface area contributed by atoms with Gasteiger partial charge in [0.2, 0.25) is 5.95 Å². The maximum atomic E-state index is 14.7. The summed E-state index contributed by atoms with van der Waals surface area (Å²) in [6, 6.07) is 11.3. The molecule has 9 nitrogen and oxygen atoms in total. The van der Waals surface area contributed by atoms with Crippen LogP contribution in [0, 0.1) is 5.82 Å². The highest BCUT2D eigenvalue weighted by molar-refractivity contribution is 6.34. The van der Waals surface area contributed by atoms with Gasteiger partial charge in [0.25, 0.3) is 0 Å². The van der Waals surface area contributed by atoms with Gasteiger partial charge in [-0.25, -0.2) is 14.2 Å². The van der Waals surface area contributed by atoms with E-state index in [0.717, 1.165) is 37.6 Å². The standard InChI is InChI=1S/C27H31Cl2FN6O3/c1-18(2)35-9-7-34(8-10-35)11-12-39-24-4-3-22(16-23(24)30)32-26-31-6-5-25(33-26)36(27(37)38)17-19-13-20(28)15-21(29)14-19/h3-6,13-16,18H,7-12,17H2,1-2H3,(H,37,38)(H,31,32,33). The van der Waals surface area contributed by atoms with E-state index in [1.807, 2.05) is 0 Å². The van der Waals surface area contributed by atoms with Gasteiger partial charge in [-0.15, -0.1) is 0 Å². The Kier molecular flexibility index (Phi) is 9.79. The molecule has 1 aromatic heterocycles. The first kappa shape index (κ1) is 28.8. The Bertz CT molecular complexity index is 1270. The number of carbonyl (C=O) groups is 1. The summed E-state index contributed by atoms with van der Waals surface area (Å²) in [6.07, 6.45) is 0.200. The molecule has 0 unspecified atom stereocenters. The Labute approximate surface area is 237 Å². The molecule has 12 heteroatoms. The summed E-state index contributed by atoms with van der Waals surface area (Å²) in [5, 5.41) is 13.5. The van der Waals surface area contributed by atoms with E-state index in [1.165, 1.54) is 18.3 Å². The number of nitrogens with zero attached hydrogens (tertiary/aromatic N) is 5. The van der Waals surface area contributed by atoms with Crippen LogP contribution in [-0.4, -0.2) is 76.3 Å². The maximum Gasteiger partial charge on any atom is 0.413 e. The minimum Gasteiger partial charge on any atom is -0.489 e. The van der Waals surface area contributed by atoms with Gasteiger partial charge < -0.3 is 15.2 Å². The van der Waals surface area contributed by atoms with Crippen molar-refractivity contribution in [3.05, 3.63) is 70.1 Å². The van der Waals surface area contributed by atoms with Gasteiger partial charge in [-0.3, -0.25) is 14.7 Å². The molecule has 1 aliphatic heterocycles. The van der Waals surface area contributed by atoms with Crippen molar-refractivity contribution in [3.8, 4) is 5.75 Å². The van der Waals surface area contributed by atoms with Gasteiger partial charge in [-0.2, -0.15) is 4.98 Å². The Morgan fingerprint density at radius 1 is 1.13 bits per heavy atom. The van der Waals surface area contributed by atoms with E-state index in [2.05, 4.69) is 38.9 Å². The van der Waals surface area contributed by atoms with Crippen molar-refractivity contribution in [2.45, 2.75) is 26.4 Å². The van der Waals surface area contributed by atoms with E-state index in [4.69, 9.17) is 27.9 Å². The van der Waals surface area contributed by atoms with E-state index in [-0.39, 0.29) is 24.1 Å². The molecule has 208 valence electrons. The molecule has 39 heavy (non-hydrogen) atoms. The molecular formula is C27H31Cl2FN6O3. The number of benzene rings is 2. The SMILES string of the molecule is CC(C)N1CCN(CCOc2ccc(Nc3nccc(N(Cc4cc(Cl)cc(Cl)c4)C(=O)O)n3)cc2F)CC1. The number of hydrogen-bond acceptors (Lipinski definition) is 7. The van der Waals surface area contributed by atoms with Crippen molar-refractivity contribution >= 4 is 46.7 Å². The van der Waals surface area contributed by atoms with Crippen molar-refractivity contribution in [2.75, 3.05) is 49.5 Å². The van der Waals surface area contributed by atoms with Gasteiger partial charge in [0.1, 0.15) is 12.4 Å². The second-order valence-corrected chi connectivity index (χ2v) is 10.3. The average Bonchev–Trinajstić information content (AvgIpc) is 2.88. The predicted molar refractivity (Wildman–Crippen MR) is 151 cm³/mol. The first-order valence-corrected chi connectivity index (χ1v) is 13.4. The Hall–Kier alpha value is -3.18. The molecule has 3 aromatic rings. The number of ether oxygens (including phenoxy) is 1. The summed E-state index contributed by atoms with van der Waals surface area (Å²) in [7, 11) is 0. The van der Waals surface area contributed by atoms with Gasteiger partial charge >= 0.3 is 6.09 Å².